The van der Waals surface area contributed by atoms with E-state index in [-0.39, 0.29) is 12.5 Å². The third-order valence-corrected chi connectivity index (χ3v) is 7.00. The Kier molecular flexibility index (Phi) is 10.9. The first-order chi connectivity index (χ1) is 19.6. The molecular weight excluding hydrogens is 552 g/mol. The fourth-order valence-corrected chi connectivity index (χ4v) is 4.97. The highest BCUT2D eigenvalue weighted by Gasteiger charge is 2.24. The lowest BCUT2D eigenvalue weighted by molar-refractivity contribution is 0.0147. The molecule has 0 aliphatic carbocycles. The van der Waals surface area contributed by atoms with E-state index in [9.17, 15) is 23.1 Å². The molecule has 3 aromatic rings. The zero-order valence-corrected chi connectivity index (χ0v) is 26.1. The molecule has 226 valence electrons. The number of carbonyl (C=O) groups is 2. The Balaban J connectivity index is 1.77. The van der Waals surface area contributed by atoms with Gasteiger partial charge in [-0.25, -0.2) is 17.9 Å². The van der Waals surface area contributed by atoms with Gasteiger partial charge in [0.1, 0.15) is 5.60 Å². The molecule has 0 spiro atoms. The zero-order valence-electron chi connectivity index (χ0n) is 25.3. The van der Waals surface area contributed by atoms with Gasteiger partial charge in [0.25, 0.3) is 5.91 Å². The first-order valence-electron chi connectivity index (χ1n) is 14.1. The Labute approximate surface area is 249 Å². The molecule has 0 aliphatic heterocycles. The van der Waals surface area contributed by atoms with E-state index in [1.54, 1.807) is 6.07 Å². The van der Waals surface area contributed by atoms with Crippen LogP contribution in [0.3, 0.4) is 0 Å². The highest BCUT2D eigenvalue weighted by atomic mass is 32.2. The standard InChI is InChI=1S/C33H42N2O6S/c1-23(2)20-28-21-27(16-17-29(28)31(37)34-42(6,39)40)25-14-12-24(13-15-25)18-19-35(32(38)41-33(3,4)5)22-30(36)26-10-8-7-9-11-26/h7-17,21,23,30,36H,18-20,22H2,1-6H3,(H,34,37)/t30-/m0/s1. The smallest absolute Gasteiger partial charge is 0.410 e. The lowest BCUT2D eigenvalue weighted by Crippen LogP contribution is -2.40. The molecule has 3 aromatic carbocycles. The van der Waals surface area contributed by atoms with Crippen LogP contribution in [0, 0.1) is 5.92 Å². The van der Waals surface area contributed by atoms with Crippen LogP contribution >= 0.6 is 0 Å². The largest absolute Gasteiger partial charge is 0.444 e. The predicted molar refractivity (Wildman–Crippen MR) is 166 cm³/mol. The third-order valence-electron chi connectivity index (χ3n) is 6.44. The lowest BCUT2D eigenvalue weighted by atomic mass is 9.93. The first-order valence-corrected chi connectivity index (χ1v) is 16.0. The number of nitrogens with one attached hydrogen (secondary N) is 1. The average molecular weight is 595 g/mol. The van der Waals surface area contributed by atoms with Crippen molar-refractivity contribution in [2.75, 3.05) is 19.3 Å². The number of nitrogens with zero attached hydrogens (tertiary/aromatic N) is 1. The molecule has 8 nitrogen and oxygen atoms in total. The zero-order chi connectivity index (χ0) is 31.1. The van der Waals surface area contributed by atoms with E-state index < -0.39 is 33.7 Å². The molecular formula is C33H42N2O6S. The predicted octanol–water partition coefficient (Wildman–Crippen LogP) is 5.75. The summed E-state index contributed by atoms with van der Waals surface area (Å²) < 4.78 is 30.9. The van der Waals surface area contributed by atoms with Crippen molar-refractivity contribution in [3.63, 3.8) is 0 Å². The fourth-order valence-electron chi connectivity index (χ4n) is 4.53. The van der Waals surface area contributed by atoms with Crippen LogP contribution in [0.15, 0.2) is 72.8 Å². The minimum atomic E-state index is -3.68. The van der Waals surface area contributed by atoms with Crippen molar-refractivity contribution in [2.24, 2.45) is 5.92 Å². The van der Waals surface area contributed by atoms with Crippen LogP contribution in [0.1, 0.15) is 67.8 Å². The Morgan fingerprint density at radius 1 is 0.952 bits per heavy atom. The summed E-state index contributed by atoms with van der Waals surface area (Å²) in [6.07, 6.45) is 0.814. The molecule has 0 heterocycles. The van der Waals surface area contributed by atoms with Crippen molar-refractivity contribution in [3.05, 3.63) is 95.1 Å². The molecule has 42 heavy (non-hydrogen) atoms. The highest BCUT2D eigenvalue weighted by Crippen LogP contribution is 2.26. The number of carbonyl (C=O) groups excluding carboxylic acids is 2. The second-order valence-electron chi connectivity index (χ2n) is 12.0. The maximum atomic E-state index is 13.0. The quantitative estimate of drug-likeness (QED) is 0.292. The number of sulfonamides is 1. The van der Waals surface area contributed by atoms with Gasteiger partial charge < -0.3 is 14.7 Å². The van der Waals surface area contributed by atoms with Crippen LogP contribution in [0.5, 0.6) is 0 Å². The van der Waals surface area contributed by atoms with Gasteiger partial charge in [-0.2, -0.15) is 0 Å². The molecule has 3 rings (SSSR count). The van der Waals surface area contributed by atoms with Crippen molar-refractivity contribution < 1.29 is 27.9 Å². The van der Waals surface area contributed by atoms with Gasteiger partial charge in [-0.15, -0.1) is 0 Å². The molecule has 2 amide bonds. The van der Waals surface area contributed by atoms with Gasteiger partial charge >= 0.3 is 6.09 Å². The molecule has 0 radical (unpaired) electrons. The van der Waals surface area contributed by atoms with Gasteiger partial charge in [-0.05, 0) is 73.4 Å². The maximum Gasteiger partial charge on any atom is 0.410 e. The van der Waals surface area contributed by atoms with Gasteiger partial charge in [0.05, 0.1) is 18.9 Å². The molecule has 9 heteroatoms. The number of aliphatic hydroxyl groups is 1. The number of benzene rings is 3. The molecule has 0 aromatic heterocycles. The number of hydrogen-bond acceptors (Lipinski definition) is 6. The van der Waals surface area contributed by atoms with Gasteiger partial charge in [-0.3, -0.25) is 4.79 Å². The van der Waals surface area contributed by atoms with Crippen LogP contribution in [-0.2, 0) is 27.6 Å². The van der Waals surface area contributed by atoms with Crippen LogP contribution in [0.2, 0.25) is 0 Å². The van der Waals surface area contributed by atoms with Crippen molar-refractivity contribution in [3.8, 4) is 11.1 Å². The van der Waals surface area contributed by atoms with Crippen LogP contribution < -0.4 is 4.72 Å². The monoisotopic (exact) mass is 594 g/mol. The summed E-state index contributed by atoms with van der Waals surface area (Å²) in [6, 6.07) is 22.6. The van der Waals surface area contributed by atoms with E-state index in [0.29, 0.717) is 24.9 Å². The summed E-state index contributed by atoms with van der Waals surface area (Å²) in [6.45, 7) is 9.99. The molecule has 2 N–H and O–H groups in total. The molecule has 0 aliphatic rings. The summed E-state index contributed by atoms with van der Waals surface area (Å²) in [5.74, 6) is -0.372. The third kappa shape index (κ3) is 10.3. The van der Waals surface area contributed by atoms with E-state index in [0.717, 1.165) is 34.1 Å². The van der Waals surface area contributed by atoms with E-state index >= 15 is 0 Å². The molecule has 0 saturated carbocycles. The Morgan fingerprint density at radius 3 is 2.14 bits per heavy atom. The van der Waals surface area contributed by atoms with Gasteiger partial charge in [0.2, 0.25) is 10.0 Å². The molecule has 0 fully saturated rings. The van der Waals surface area contributed by atoms with Crippen molar-refractivity contribution in [1.82, 2.24) is 9.62 Å². The van der Waals surface area contributed by atoms with Gasteiger partial charge in [-0.1, -0.05) is 80.6 Å². The number of aliphatic hydroxyl groups excluding tert-OH is 1. The summed E-state index contributed by atoms with van der Waals surface area (Å²) in [5, 5.41) is 10.8. The maximum absolute atomic E-state index is 13.0. The summed E-state index contributed by atoms with van der Waals surface area (Å²) in [5.41, 5.74) is 4.05. The van der Waals surface area contributed by atoms with E-state index in [2.05, 4.69) is 4.72 Å². The Morgan fingerprint density at radius 2 is 1.57 bits per heavy atom. The van der Waals surface area contributed by atoms with Crippen molar-refractivity contribution in [2.45, 2.75) is 59.2 Å². The SMILES string of the molecule is CC(C)Cc1cc(-c2ccc(CCN(C[C@H](O)c3ccccc3)C(=O)OC(C)(C)C)cc2)ccc1C(=O)NS(C)(=O)=O. The molecule has 0 unspecified atom stereocenters. The van der Waals surface area contributed by atoms with Gasteiger partial charge in [0.15, 0.2) is 0 Å². The number of amides is 2. The minimum absolute atomic E-state index is 0.106. The second kappa shape index (κ2) is 14.0. The fraction of sp³-hybridized carbons (Fsp3) is 0.394. The summed E-state index contributed by atoms with van der Waals surface area (Å²) in [4.78, 5) is 27.1. The van der Waals surface area contributed by atoms with Crippen molar-refractivity contribution in [1.29, 1.82) is 0 Å². The second-order valence-corrected chi connectivity index (χ2v) is 13.7. The number of hydrogen-bond donors (Lipinski definition) is 2. The first kappa shape index (κ1) is 32.8. The Bertz CT molecular complexity index is 1460. The normalized spacial score (nSPS) is 12.6. The van der Waals surface area contributed by atoms with E-state index in [4.69, 9.17) is 4.74 Å². The van der Waals surface area contributed by atoms with Crippen LogP contribution in [0.4, 0.5) is 4.79 Å². The Hall–Kier alpha value is -3.69. The van der Waals surface area contributed by atoms with Gasteiger partial charge in [0, 0.05) is 12.1 Å². The van der Waals surface area contributed by atoms with Crippen LogP contribution in [-0.4, -0.2) is 55.4 Å². The highest BCUT2D eigenvalue weighted by molar-refractivity contribution is 7.89. The van der Waals surface area contributed by atoms with E-state index in [1.807, 2.05) is 101 Å². The van der Waals surface area contributed by atoms with Crippen LogP contribution in [0.25, 0.3) is 11.1 Å². The topological polar surface area (TPSA) is 113 Å². The number of rotatable bonds is 11. The average Bonchev–Trinajstić information content (AvgIpc) is 2.89. The molecule has 0 bridgehead atoms. The molecule has 1 atom stereocenters. The minimum Gasteiger partial charge on any atom is -0.444 e. The lowest BCUT2D eigenvalue weighted by Gasteiger charge is -2.29. The summed E-state index contributed by atoms with van der Waals surface area (Å²) in [7, 11) is -3.68. The summed E-state index contributed by atoms with van der Waals surface area (Å²) >= 11 is 0. The molecule has 0 saturated heterocycles. The van der Waals surface area contributed by atoms with Crippen molar-refractivity contribution >= 4 is 22.0 Å². The van der Waals surface area contributed by atoms with E-state index in [1.165, 1.54) is 4.90 Å². The number of ether oxygens (including phenoxy) is 1.